The molecule has 0 saturated heterocycles. The van der Waals surface area contributed by atoms with Crippen molar-refractivity contribution >= 4 is 59.7 Å². The lowest BCUT2D eigenvalue weighted by Gasteiger charge is -2.13. The van der Waals surface area contributed by atoms with Gasteiger partial charge in [-0.2, -0.15) is 0 Å². The molecule has 9 aromatic rings. The summed E-state index contributed by atoms with van der Waals surface area (Å²) in [5.41, 5.74) is 16.6. The first kappa shape index (κ1) is 28.8. The van der Waals surface area contributed by atoms with Crippen LogP contribution in [-0.2, 0) is 0 Å². The molecule has 0 bridgehead atoms. The van der Waals surface area contributed by atoms with Crippen molar-refractivity contribution in [2.45, 2.75) is 6.92 Å². The van der Waals surface area contributed by atoms with Gasteiger partial charge < -0.3 is 10.3 Å². The van der Waals surface area contributed by atoms with Gasteiger partial charge in [0.05, 0.1) is 11.0 Å². The van der Waals surface area contributed by atoms with Crippen LogP contribution in [0.2, 0.25) is 0 Å². The predicted molar refractivity (Wildman–Crippen MR) is 211 cm³/mol. The third kappa shape index (κ3) is 4.89. The maximum atomic E-state index is 6.10. The fraction of sp³-hybridized carbons (Fsp3) is 0.0213. The van der Waals surface area contributed by atoms with Crippen LogP contribution >= 0.6 is 0 Å². The summed E-state index contributed by atoms with van der Waals surface area (Å²) in [6, 6.07) is 57.7. The molecule has 2 heteroatoms. The lowest BCUT2D eigenvalue weighted by molar-refractivity contribution is 1.19. The summed E-state index contributed by atoms with van der Waals surface area (Å²) in [5.74, 6) is 0. The molecule has 0 aliphatic rings. The summed E-state index contributed by atoms with van der Waals surface area (Å²) in [6.07, 6.45) is 5.79. The zero-order chi connectivity index (χ0) is 32.9. The first-order valence-electron chi connectivity index (χ1n) is 16.8. The highest BCUT2D eigenvalue weighted by molar-refractivity contribution is 6.19. The molecule has 232 valence electrons. The van der Waals surface area contributed by atoms with Crippen molar-refractivity contribution in [1.29, 1.82) is 0 Å². The van der Waals surface area contributed by atoms with Gasteiger partial charge in [0, 0.05) is 28.0 Å². The minimum Gasteiger partial charge on any atom is -0.404 e. The lowest BCUT2D eigenvalue weighted by Crippen LogP contribution is -1.96. The molecule has 8 aromatic carbocycles. The SMILES string of the molecule is C/C=C\C(=C/N)c1ccc2c3ccc4cc(-c5ccc6cc(-c7ccccc7)ccc6c5)ccc4c3n(-c3ccc4ccccc4c3)c2c1. The Kier molecular flexibility index (Phi) is 6.88. The van der Waals surface area contributed by atoms with Crippen molar-refractivity contribution in [3.8, 4) is 27.9 Å². The van der Waals surface area contributed by atoms with E-state index in [4.69, 9.17) is 5.73 Å². The number of hydrogen-bond donors (Lipinski definition) is 1. The molecule has 0 aliphatic heterocycles. The zero-order valence-electron chi connectivity index (χ0n) is 27.3. The molecule has 0 unspecified atom stereocenters. The van der Waals surface area contributed by atoms with Crippen LogP contribution in [0.3, 0.4) is 0 Å². The van der Waals surface area contributed by atoms with Crippen LogP contribution in [0.1, 0.15) is 12.5 Å². The van der Waals surface area contributed by atoms with Crippen molar-refractivity contribution in [1.82, 2.24) is 4.57 Å². The molecule has 0 radical (unpaired) electrons. The second kappa shape index (κ2) is 11.7. The summed E-state index contributed by atoms with van der Waals surface area (Å²) in [4.78, 5) is 0. The van der Waals surface area contributed by atoms with Crippen molar-refractivity contribution in [2.24, 2.45) is 5.73 Å². The molecule has 1 heterocycles. The maximum Gasteiger partial charge on any atom is 0.0619 e. The molecular weight excluding hydrogens is 593 g/mol. The molecule has 0 spiro atoms. The van der Waals surface area contributed by atoms with Gasteiger partial charge in [-0.25, -0.2) is 0 Å². The Morgan fingerprint density at radius 1 is 0.490 bits per heavy atom. The number of nitrogens with zero attached hydrogens (tertiary/aromatic N) is 1. The molecule has 1 aromatic heterocycles. The monoisotopic (exact) mass is 626 g/mol. The normalized spacial score (nSPS) is 12.3. The number of nitrogens with two attached hydrogens (primary N) is 1. The van der Waals surface area contributed by atoms with Crippen molar-refractivity contribution in [3.63, 3.8) is 0 Å². The molecule has 0 amide bonds. The smallest absolute Gasteiger partial charge is 0.0619 e. The van der Waals surface area contributed by atoms with Gasteiger partial charge in [0.1, 0.15) is 0 Å². The van der Waals surface area contributed by atoms with Crippen LogP contribution in [0, 0.1) is 0 Å². The van der Waals surface area contributed by atoms with E-state index in [-0.39, 0.29) is 0 Å². The number of allylic oxidation sites excluding steroid dienone is 3. The highest BCUT2D eigenvalue weighted by Gasteiger charge is 2.17. The summed E-state index contributed by atoms with van der Waals surface area (Å²) < 4.78 is 2.44. The van der Waals surface area contributed by atoms with Gasteiger partial charge in [0.25, 0.3) is 0 Å². The van der Waals surface area contributed by atoms with Crippen LogP contribution in [-0.4, -0.2) is 4.57 Å². The number of rotatable bonds is 5. The van der Waals surface area contributed by atoms with Crippen LogP contribution in [0.5, 0.6) is 0 Å². The number of fused-ring (bicyclic) bond motifs is 7. The summed E-state index contributed by atoms with van der Waals surface area (Å²) in [7, 11) is 0. The van der Waals surface area contributed by atoms with E-state index in [2.05, 4.69) is 168 Å². The van der Waals surface area contributed by atoms with Crippen molar-refractivity contribution < 1.29 is 0 Å². The van der Waals surface area contributed by atoms with Crippen LogP contribution in [0.25, 0.3) is 87.6 Å². The third-order valence-corrected chi connectivity index (χ3v) is 9.87. The molecule has 9 rings (SSSR count). The van der Waals surface area contributed by atoms with E-state index in [0.717, 1.165) is 22.3 Å². The fourth-order valence-electron chi connectivity index (χ4n) is 7.44. The Bertz CT molecular complexity index is 2780. The Morgan fingerprint density at radius 2 is 1.08 bits per heavy atom. The highest BCUT2D eigenvalue weighted by Crippen LogP contribution is 2.40. The average molecular weight is 627 g/mol. The van der Waals surface area contributed by atoms with E-state index in [9.17, 15) is 0 Å². The van der Waals surface area contributed by atoms with Crippen LogP contribution in [0.4, 0.5) is 0 Å². The molecule has 49 heavy (non-hydrogen) atoms. The molecule has 0 fully saturated rings. The van der Waals surface area contributed by atoms with E-state index < -0.39 is 0 Å². The van der Waals surface area contributed by atoms with Crippen molar-refractivity contribution in [3.05, 3.63) is 182 Å². The van der Waals surface area contributed by atoms with Gasteiger partial charge in [0.15, 0.2) is 0 Å². The zero-order valence-corrected chi connectivity index (χ0v) is 27.3. The quantitative estimate of drug-likeness (QED) is 0.189. The van der Waals surface area contributed by atoms with Gasteiger partial charge >= 0.3 is 0 Å². The highest BCUT2D eigenvalue weighted by atomic mass is 15.0. The van der Waals surface area contributed by atoms with Gasteiger partial charge in [-0.15, -0.1) is 0 Å². The van der Waals surface area contributed by atoms with Crippen LogP contribution < -0.4 is 5.73 Å². The first-order chi connectivity index (χ1) is 24.2. The van der Waals surface area contributed by atoms with Crippen molar-refractivity contribution in [2.75, 3.05) is 0 Å². The molecule has 0 saturated carbocycles. The Hall–Kier alpha value is -6.38. The Labute approximate surface area is 285 Å². The second-order valence-electron chi connectivity index (χ2n) is 12.8. The second-order valence-corrected chi connectivity index (χ2v) is 12.8. The van der Waals surface area contributed by atoms with Gasteiger partial charge in [-0.1, -0.05) is 133 Å². The minimum absolute atomic E-state index is 1.00. The predicted octanol–water partition coefficient (Wildman–Crippen LogP) is 12.5. The van der Waals surface area contributed by atoms with Gasteiger partial charge in [-0.05, 0) is 104 Å². The molecule has 2 nitrogen and oxygen atoms in total. The maximum absolute atomic E-state index is 6.10. The topological polar surface area (TPSA) is 30.9 Å². The lowest BCUT2D eigenvalue weighted by atomic mass is 9.96. The molecular formula is C47H34N2. The van der Waals surface area contributed by atoms with Gasteiger partial charge in [-0.3, -0.25) is 0 Å². The summed E-state index contributed by atoms with van der Waals surface area (Å²) >= 11 is 0. The third-order valence-electron chi connectivity index (χ3n) is 9.87. The number of aromatic nitrogens is 1. The van der Waals surface area contributed by atoms with E-state index in [1.54, 1.807) is 6.20 Å². The fourth-order valence-corrected chi connectivity index (χ4v) is 7.44. The van der Waals surface area contributed by atoms with Crippen LogP contribution in [0.15, 0.2) is 176 Å². The van der Waals surface area contributed by atoms with E-state index >= 15 is 0 Å². The molecule has 0 atom stereocenters. The van der Waals surface area contributed by atoms with E-state index in [1.165, 1.54) is 70.9 Å². The number of benzene rings is 8. The number of hydrogen-bond acceptors (Lipinski definition) is 1. The van der Waals surface area contributed by atoms with Gasteiger partial charge in [0.2, 0.25) is 0 Å². The largest absolute Gasteiger partial charge is 0.404 e. The average Bonchev–Trinajstić information content (AvgIpc) is 3.50. The Morgan fingerprint density at radius 3 is 1.84 bits per heavy atom. The minimum atomic E-state index is 1.00. The summed E-state index contributed by atoms with van der Waals surface area (Å²) in [6.45, 7) is 2.02. The molecule has 0 aliphatic carbocycles. The summed E-state index contributed by atoms with van der Waals surface area (Å²) in [5, 5.41) is 9.83. The standard InChI is InChI=1S/C47H34N2/c1-2-8-41(30-48)39-19-23-44-45-24-20-40-27-38(37-16-15-35-25-34(13-14-36(35)26-37)31-9-4-3-5-10-31)18-22-43(40)47(45)49(46(44)29-39)42-21-17-32-11-6-7-12-33(32)28-42/h2-30H,48H2,1H3/b8-2-,41-30+. The van der Waals surface area contributed by atoms with E-state index in [1.807, 2.05) is 13.0 Å². The first-order valence-corrected chi connectivity index (χ1v) is 16.8. The molecule has 2 N–H and O–H groups in total. The Balaban J connectivity index is 1.23. The van der Waals surface area contributed by atoms with E-state index in [0.29, 0.717) is 0 Å².